The highest BCUT2D eigenvalue weighted by molar-refractivity contribution is 4.61. The minimum atomic E-state index is -5.78. The van der Waals surface area contributed by atoms with Gasteiger partial charge >= 0.3 is 12.3 Å². The van der Waals surface area contributed by atoms with Crippen LogP contribution in [-0.2, 0) is 9.78 Å². The van der Waals surface area contributed by atoms with Gasteiger partial charge in [-0.3, -0.25) is 0 Å². The maximum atomic E-state index is 11.6. The fraction of sp³-hybridized carbons (Fsp3) is 0.500. The lowest BCUT2D eigenvalue weighted by molar-refractivity contribution is -0.489. The van der Waals surface area contributed by atoms with E-state index in [0.29, 0.717) is 6.26 Å². The van der Waals surface area contributed by atoms with Crippen molar-refractivity contribution in [3.8, 4) is 0 Å². The van der Waals surface area contributed by atoms with Crippen molar-refractivity contribution in [2.75, 3.05) is 0 Å². The van der Waals surface area contributed by atoms with Gasteiger partial charge in [-0.05, 0) is 0 Å². The molecule has 7 heteroatoms. The Labute approximate surface area is 58.1 Å². The third-order valence-corrected chi connectivity index (χ3v) is 0.551. The van der Waals surface area contributed by atoms with E-state index in [1.54, 1.807) is 0 Å². The summed E-state index contributed by atoms with van der Waals surface area (Å²) in [6.45, 7) is 2.70. The van der Waals surface area contributed by atoms with Crippen LogP contribution in [0.3, 0.4) is 0 Å². The maximum Gasteiger partial charge on any atom is 0.488 e. The van der Waals surface area contributed by atoms with Gasteiger partial charge in [0.1, 0.15) is 6.26 Å². The Morgan fingerprint density at radius 2 is 1.55 bits per heavy atom. The summed E-state index contributed by atoms with van der Waals surface area (Å²) < 4.78 is 56.7. The molecule has 0 aliphatic carbocycles. The molecule has 11 heavy (non-hydrogen) atoms. The lowest BCUT2D eigenvalue weighted by Crippen LogP contribution is -2.38. The van der Waals surface area contributed by atoms with Gasteiger partial charge in [0.25, 0.3) is 0 Å². The van der Waals surface area contributed by atoms with Crippen LogP contribution in [0, 0.1) is 0 Å². The maximum absolute atomic E-state index is 11.6. The Bertz CT molecular complexity index is 140. The Hall–Kier alpha value is -0.850. The smallest absolute Gasteiger partial charge is 0.340 e. The van der Waals surface area contributed by atoms with E-state index in [4.69, 9.17) is 0 Å². The second kappa shape index (κ2) is 3.04. The predicted molar refractivity (Wildman–Crippen MR) is 23.4 cm³/mol. The first-order valence-corrected chi connectivity index (χ1v) is 2.21. The van der Waals surface area contributed by atoms with Crippen LogP contribution in [0.1, 0.15) is 0 Å². The van der Waals surface area contributed by atoms with E-state index in [9.17, 15) is 22.0 Å². The molecule has 0 saturated carbocycles. The molecule has 0 aliphatic rings. The SMILES string of the molecule is C=COOC(F)(F)C(F)(F)F. The molecule has 0 aromatic carbocycles. The van der Waals surface area contributed by atoms with Crippen LogP contribution < -0.4 is 0 Å². The first-order valence-electron chi connectivity index (χ1n) is 2.21. The van der Waals surface area contributed by atoms with Gasteiger partial charge in [-0.25, -0.2) is 0 Å². The summed E-state index contributed by atoms with van der Waals surface area (Å²) in [5.74, 6) is 0. The van der Waals surface area contributed by atoms with Crippen LogP contribution in [0.25, 0.3) is 0 Å². The summed E-state index contributed by atoms with van der Waals surface area (Å²) in [7, 11) is 0. The molecular weight excluding hydrogens is 175 g/mol. The van der Waals surface area contributed by atoms with E-state index in [2.05, 4.69) is 16.4 Å². The van der Waals surface area contributed by atoms with Crippen molar-refractivity contribution in [2.45, 2.75) is 12.3 Å². The van der Waals surface area contributed by atoms with Crippen LogP contribution >= 0.6 is 0 Å². The zero-order valence-electron chi connectivity index (χ0n) is 4.99. The van der Waals surface area contributed by atoms with Crippen LogP contribution in [0.15, 0.2) is 12.8 Å². The summed E-state index contributed by atoms with van der Waals surface area (Å²) in [6.07, 6.45) is -10.8. The quantitative estimate of drug-likeness (QED) is 0.285. The van der Waals surface area contributed by atoms with Gasteiger partial charge in [-0.15, -0.1) is 4.89 Å². The molecule has 2 nitrogen and oxygen atoms in total. The molecule has 0 fully saturated rings. The van der Waals surface area contributed by atoms with Crippen LogP contribution in [0.4, 0.5) is 22.0 Å². The minimum absolute atomic E-state index is 0.305. The standard InChI is InChI=1S/C4H3F5O2/c1-2-10-11-4(8,9)3(5,6)7/h2H,1H2. The zero-order valence-corrected chi connectivity index (χ0v) is 4.99. The Morgan fingerprint density at radius 1 is 1.09 bits per heavy atom. The van der Waals surface area contributed by atoms with Gasteiger partial charge in [0.15, 0.2) is 0 Å². The van der Waals surface area contributed by atoms with Gasteiger partial charge in [0.05, 0.1) is 0 Å². The second-order valence-electron chi connectivity index (χ2n) is 1.36. The van der Waals surface area contributed by atoms with Gasteiger partial charge in [0, 0.05) is 0 Å². The van der Waals surface area contributed by atoms with Gasteiger partial charge < -0.3 is 4.89 Å². The van der Waals surface area contributed by atoms with Crippen LogP contribution in [-0.4, -0.2) is 12.3 Å². The molecule has 0 spiro atoms. The molecule has 66 valence electrons. The topological polar surface area (TPSA) is 18.5 Å². The van der Waals surface area contributed by atoms with Crippen molar-refractivity contribution in [2.24, 2.45) is 0 Å². The second-order valence-corrected chi connectivity index (χ2v) is 1.36. The van der Waals surface area contributed by atoms with E-state index < -0.39 is 12.3 Å². The van der Waals surface area contributed by atoms with Crippen molar-refractivity contribution in [1.29, 1.82) is 0 Å². The largest absolute Gasteiger partial charge is 0.488 e. The normalized spacial score (nSPS) is 12.8. The molecule has 0 rings (SSSR count). The third kappa shape index (κ3) is 2.71. The minimum Gasteiger partial charge on any atom is -0.340 e. The number of hydrogen-bond acceptors (Lipinski definition) is 2. The fourth-order valence-corrected chi connectivity index (χ4v) is 0.142. The number of halogens is 5. The van der Waals surface area contributed by atoms with Gasteiger partial charge in [0.2, 0.25) is 0 Å². The van der Waals surface area contributed by atoms with E-state index >= 15 is 0 Å². The van der Waals surface area contributed by atoms with Crippen LogP contribution in [0.2, 0.25) is 0 Å². The van der Waals surface area contributed by atoms with Crippen molar-refractivity contribution in [3.63, 3.8) is 0 Å². The number of hydrogen-bond donors (Lipinski definition) is 0. The molecule has 0 atom stereocenters. The highest BCUT2D eigenvalue weighted by Crippen LogP contribution is 2.36. The van der Waals surface area contributed by atoms with Crippen LogP contribution in [0.5, 0.6) is 0 Å². The molecule has 0 aromatic heterocycles. The first-order chi connectivity index (χ1) is 4.81. The van der Waals surface area contributed by atoms with Gasteiger partial charge in [-0.2, -0.15) is 22.0 Å². The lowest BCUT2D eigenvalue weighted by atomic mass is 10.6. The molecule has 0 unspecified atom stereocenters. The highest BCUT2D eigenvalue weighted by Gasteiger charge is 2.61. The number of rotatable bonds is 3. The van der Waals surface area contributed by atoms with Crippen molar-refractivity contribution >= 4 is 0 Å². The summed E-state index contributed by atoms with van der Waals surface area (Å²) in [6, 6.07) is 0. The van der Waals surface area contributed by atoms with Gasteiger partial charge in [-0.1, -0.05) is 6.58 Å². The molecule has 0 aliphatic heterocycles. The summed E-state index contributed by atoms with van der Waals surface area (Å²) in [5.41, 5.74) is 0. The fourth-order valence-electron chi connectivity index (χ4n) is 0.142. The molecule has 0 aromatic rings. The molecule has 0 saturated heterocycles. The number of alkyl halides is 5. The van der Waals surface area contributed by atoms with E-state index in [0.717, 1.165) is 0 Å². The lowest BCUT2D eigenvalue weighted by Gasteiger charge is -2.16. The molecule has 0 heterocycles. The van der Waals surface area contributed by atoms with E-state index in [1.165, 1.54) is 0 Å². The molecular formula is C4H3F5O2. The Kier molecular flexibility index (Phi) is 2.80. The van der Waals surface area contributed by atoms with E-state index in [1.807, 2.05) is 0 Å². The monoisotopic (exact) mass is 178 g/mol. The molecule has 0 N–H and O–H groups in total. The predicted octanol–water partition coefficient (Wildman–Crippen LogP) is 2.23. The summed E-state index contributed by atoms with van der Waals surface area (Å²) >= 11 is 0. The Morgan fingerprint density at radius 3 is 1.82 bits per heavy atom. The van der Waals surface area contributed by atoms with E-state index in [-0.39, 0.29) is 0 Å². The Balaban J connectivity index is 4.10. The summed E-state index contributed by atoms with van der Waals surface area (Å²) in [4.78, 5) is 5.89. The highest BCUT2D eigenvalue weighted by atomic mass is 19.4. The van der Waals surface area contributed by atoms with Crippen molar-refractivity contribution in [1.82, 2.24) is 0 Å². The molecule has 0 amide bonds. The summed E-state index contributed by atoms with van der Waals surface area (Å²) in [5, 5.41) is 0. The van der Waals surface area contributed by atoms with Crippen molar-refractivity contribution in [3.05, 3.63) is 12.8 Å². The first kappa shape index (κ1) is 10.2. The van der Waals surface area contributed by atoms with Crippen molar-refractivity contribution < 1.29 is 31.7 Å². The average Bonchev–Trinajstić information content (AvgIpc) is 1.81. The zero-order chi connectivity index (χ0) is 9.12. The molecule has 0 bridgehead atoms. The third-order valence-electron chi connectivity index (χ3n) is 0.551. The molecule has 0 radical (unpaired) electrons. The average molecular weight is 178 g/mol.